The zero-order valence-corrected chi connectivity index (χ0v) is 15.3. The molecule has 1 aliphatic carbocycles. The van der Waals surface area contributed by atoms with Crippen molar-refractivity contribution in [1.82, 2.24) is 9.97 Å². The van der Waals surface area contributed by atoms with Crippen molar-refractivity contribution in [1.29, 1.82) is 5.26 Å². The summed E-state index contributed by atoms with van der Waals surface area (Å²) in [7, 11) is 0. The highest BCUT2D eigenvalue weighted by atomic mass is 19.4. The van der Waals surface area contributed by atoms with E-state index >= 15 is 0 Å². The van der Waals surface area contributed by atoms with Crippen LogP contribution in [0.2, 0.25) is 0 Å². The Morgan fingerprint density at radius 1 is 0.767 bits per heavy atom. The zero-order valence-electron chi connectivity index (χ0n) is 15.3. The minimum atomic E-state index is -4.38. The van der Waals surface area contributed by atoms with Crippen molar-refractivity contribution in [2.75, 3.05) is 0 Å². The van der Waals surface area contributed by atoms with Crippen molar-refractivity contribution >= 4 is 16.7 Å². The summed E-state index contributed by atoms with van der Waals surface area (Å²) in [6.07, 6.45) is -2.55. The Bertz CT molecular complexity index is 1380. The molecule has 0 radical (unpaired) electrons. The molecule has 0 amide bonds. The van der Waals surface area contributed by atoms with Crippen LogP contribution in [0.1, 0.15) is 16.8 Å². The van der Waals surface area contributed by atoms with Gasteiger partial charge in [-0.2, -0.15) is 23.4 Å². The summed E-state index contributed by atoms with van der Waals surface area (Å²) >= 11 is 0. The van der Waals surface area contributed by atoms with E-state index in [0.717, 1.165) is 28.8 Å². The summed E-state index contributed by atoms with van der Waals surface area (Å²) in [5.74, 6) is 0. The minimum Gasteiger partial charge on any atom is -0.244 e. The van der Waals surface area contributed by atoms with E-state index in [1.807, 2.05) is 30.5 Å². The highest BCUT2D eigenvalue weighted by Gasteiger charge is 2.30. The van der Waals surface area contributed by atoms with Gasteiger partial charge >= 0.3 is 6.18 Å². The third-order valence-corrected chi connectivity index (χ3v) is 5.03. The maximum Gasteiger partial charge on any atom is 0.416 e. The Morgan fingerprint density at radius 2 is 1.43 bits per heavy atom. The molecule has 4 aromatic rings. The Morgan fingerprint density at radius 3 is 2.13 bits per heavy atom. The lowest BCUT2D eigenvalue weighted by molar-refractivity contribution is -0.137. The van der Waals surface area contributed by atoms with Crippen LogP contribution in [0.3, 0.4) is 0 Å². The van der Waals surface area contributed by atoms with Crippen LogP contribution in [-0.2, 0) is 6.18 Å². The van der Waals surface area contributed by atoms with Gasteiger partial charge in [0.05, 0.1) is 22.3 Å². The number of halogens is 3. The van der Waals surface area contributed by atoms with Gasteiger partial charge in [0.15, 0.2) is 0 Å². The maximum atomic E-state index is 12.8. The predicted molar refractivity (Wildman–Crippen MR) is 107 cm³/mol. The van der Waals surface area contributed by atoms with Crippen molar-refractivity contribution in [3.8, 4) is 28.6 Å². The van der Waals surface area contributed by atoms with Crippen molar-refractivity contribution in [3.63, 3.8) is 0 Å². The number of nitrogens with zero attached hydrogens (tertiary/aromatic N) is 4. The molecular weight excluding hydrogens is 389 g/mol. The predicted octanol–water partition coefficient (Wildman–Crippen LogP) is 5.61. The van der Waals surface area contributed by atoms with Crippen LogP contribution in [0.4, 0.5) is 13.2 Å². The van der Waals surface area contributed by atoms with Crippen LogP contribution >= 0.6 is 0 Å². The molecule has 0 saturated carbocycles. The van der Waals surface area contributed by atoms with E-state index in [1.54, 1.807) is 18.2 Å². The highest BCUT2D eigenvalue weighted by molar-refractivity contribution is 6.23. The van der Waals surface area contributed by atoms with Crippen LogP contribution in [0, 0.1) is 11.5 Å². The van der Waals surface area contributed by atoms with Crippen molar-refractivity contribution in [3.05, 3.63) is 83.6 Å². The highest BCUT2D eigenvalue weighted by Crippen LogP contribution is 2.36. The van der Waals surface area contributed by atoms with E-state index in [4.69, 9.17) is 10.2 Å². The second kappa shape index (κ2) is 6.49. The molecule has 144 valence electrons. The van der Waals surface area contributed by atoms with Gasteiger partial charge in [-0.25, -0.2) is 9.97 Å². The van der Waals surface area contributed by atoms with Crippen LogP contribution in [0.15, 0.2) is 71.7 Å². The number of aliphatic imine (C=N–C) groups is 1. The maximum absolute atomic E-state index is 12.8. The molecule has 1 aromatic heterocycles. The lowest BCUT2D eigenvalue weighted by Gasteiger charge is -2.09. The van der Waals surface area contributed by atoms with E-state index in [0.29, 0.717) is 33.7 Å². The van der Waals surface area contributed by atoms with E-state index in [2.05, 4.69) is 9.98 Å². The minimum absolute atomic E-state index is 0.470. The number of benzene rings is 3. The zero-order chi connectivity index (χ0) is 20.9. The first-order valence-electron chi connectivity index (χ1n) is 9.02. The third kappa shape index (κ3) is 2.81. The van der Waals surface area contributed by atoms with Crippen LogP contribution in [-0.4, -0.2) is 15.7 Å². The molecule has 4 nitrogen and oxygen atoms in total. The van der Waals surface area contributed by atoms with Crippen molar-refractivity contribution < 1.29 is 13.2 Å². The number of rotatable bonds is 1. The molecule has 0 aliphatic heterocycles. The van der Waals surface area contributed by atoms with Crippen molar-refractivity contribution in [2.45, 2.75) is 6.18 Å². The molecule has 3 aromatic carbocycles. The van der Waals surface area contributed by atoms with Crippen LogP contribution < -0.4 is 0 Å². The van der Waals surface area contributed by atoms with Gasteiger partial charge in [-0.3, -0.25) is 0 Å². The monoisotopic (exact) mass is 400 g/mol. The van der Waals surface area contributed by atoms with Gasteiger partial charge in [0.2, 0.25) is 6.19 Å². The number of aromatic nitrogens is 2. The molecule has 5 rings (SSSR count). The Kier molecular flexibility index (Phi) is 3.90. The number of nitriles is 1. The average Bonchev–Trinajstić information content (AvgIpc) is 3.05. The number of hydrogen-bond donors (Lipinski definition) is 0. The second-order valence-corrected chi connectivity index (χ2v) is 6.81. The molecule has 0 spiro atoms. The molecule has 30 heavy (non-hydrogen) atoms. The molecule has 0 saturated heterocycles. The molecule has 0 atom stereocenters. The van der Waals surface area contributed by atoms with Gasteiger partial charge in [-0.15, -0.1) is 0 Å². The average molecular weight is 400 g/mol. The topological polar surface area (TPSA) is 61.9 Å². The van der Waals surface area contributed by atoms with Gasteiger partial charge in [-0.05, 0) is 35.4 Å². The lowest BCUT2D eigenvalue weighted by Crippen LogP contribution is -2.04. The van der Waals surface area contributed by atoms with E-state index in [-0.39, 0.29) is 0 Å². The quantitative estimate of drug-likeness (QED) is 0.343. The van der Waals surface area contributed by atoms with Gasteiger partial charge in [0.25, 0.3) is 0 Å². The molecule has 0 N–H and O–H groups in total. The van der Waals surface area contributed by atoms with Gasteiger partial charge in [0, 0.05) is 11.1 Å². The molecule has 0 unspecified atom stereocenters. The number of alkyl halides is 3. The fourth-order valence-electron chi connectivity index (χ4n) is 3.63. The molecule has 0 fully saturated rings. The normalized spacial score (nSPS) is 13.9. The number of hydrogen-bond acceptors (Lipinski definition) is 4. The Balaban J connectivity index is 1.64. The van der Waals surface area contributed by atoms with E-state index < -0.39 is 11.7 Å². The van der Waals surface area contributed by atoms with E-state index in [1.165, 1.54) is 12.1 Å². The fraction of sp³-hybridized carbons (Fsp3) is 0.0435. The second-order valence-electron chi connectivity index (χ2n) is 6.81. The third-order valence-electron chi connectivity index (χ3n) is 5.03. The first-order chi connectivity index (χ1) is 14.5. The molecule has 1 heterocycles. The van der Waals surface area contributed by atoms with Crippen LogP contribution in [0.25, 0.3) is 33.4 Å². The largest absolute Gasteiger partial charge is 0.416 e. The first kappa shape index (κ1) is 18.0. The summed E-state index contributed by atoms with van der Waals surface area (Å²) in [4.78, 5) is 13.3. The number of fused-ring (bicyclic) bond motifs is 4. The Hall–Kier alpha value is -4.05. The molecule has 1 aliphatic rings. The smallest absolute Gasteiger partial charge is 0.244 e. The van der Waals surface area contributed by atoms with E-state index in [9.17, 15) is 13.2 Å². The fourth-order valence-corrected chi connectivity index (χ4v) is 3.63. The summed E-state index contributed by atoms with van der Waals surface area (Å²) in [5.41, 5.74) is 5.21. The van der Waals surface area contributed by atoms with Crippen molar-refractivity contribution in [2.24, 2.45) is 4.99 Å². The summed E-state index contributed by atoms with van der Waals surface area (Å²) in [6.45, 7) is 0. The van der Waals surface area contributed by atoms with Gasteiger partial charge in [0.1, 0.15) is 11.4 Å². The van der Waals surface area contributed by atoms with Crippen LogP contribution in [0.5, 0.6) is 0 Å². The summed E-state index contributed by atoms with van der Waals surface area (Å²) < 4.78 is 38.5. The van der Waals surface area contributed by atoms with Gasteiger partial charge < -0.3 is 0 Å². The Labute approximate surface area is 169 Å². The summed E-state index contributed by atoms with van der Waals surface area (Å²) in [5, 5.41) is 9.10. The molecule has 7 heteroatoms. The SMILES string of the molecule is N#C/N=C1\c2ccccc2-c2nc3ccc(-c4ccc(C(F)(F)F)cc4)cc3nc21. The summed E-state index contributed by atoms with van der Waals surface area (Å²) in [6, 6.07) is 17.9. The van der Waals surface area contributed by atoms with Gasteiger partial charge in [-0.1, -0.05) is 42.5 Å². The molecule has 0 bridgehead atoms. The standard InChI is InChI=1S/C23H11F3N4/c24-23(25,26)15-8-5-13(6-9-15)14-7-10-18-19(11-14)30-22-20(28-12-27)16-3-1-2-4-17(16)21(22)29-18/h1-11H/b28-20+. The molecular formula is C23H11F3N4. The lowest BCUT2D eigenvalue weighted by atomic mass is 10.0. The first-order valence-corrected chi connectivity index (χ1v) is 9.02.